The number of rotatable bonds is 5. The number of fused-ring (bicyclic) bond motifs is 11. The van der Waals surface area contributed by atoms with E-state index in [0.717, 1.165) is 44.5 Å². The number of hydrogen-bond donors (Lipinski definition) is 0. The van der Waals surface area contributed by atoms with Crippen LogP contribution in [0.1, 0.15) is 0 Å². The monoisotopic (exact) mass is 738 g/mol. The van der Waals surface area contributed by atoms with E-state index in [1.807, 2.05) is 28.7 Å². The summed E-state index contributed by atoms with van der Waals surface area (Å²) in [4.78, 5) is 2.48. The quantitative estimate of drug-likeness (QED) is 0.175. The molecule has 5 heteroatoms. The Labute approximate surface area is 324 Å². The Morgan fingerprint density at radius 1 is 0.436 bits per heavy atom. The van der Waals surface area contributed by atoms with Crippen LogP contribution in [0.5, 0.6) is 0 Å². The fourth-order valence-electron chi connectivity index (χ4n) is 8.62. The van der Waals surface area contributed by atoms with E-state index in [0.29, 0.717) is 0 Å². The molecule has 0 aliphatic carbocycles. The lowest BCUT2D eigenvalue weighted by Crippen LogP contribution is -2.10. The lowest BCUT2D eigenvalue weighted by Gasteiger charge is -2.27. The van der Waals surface area contributed by atoms with Crippen molar-refractivity contribution < 1.29 is 4.42 Å². The lowest BCUT2D eigenvalue weighted by atomic mass is 9.98. The van der Waals surface area contributed by atoms with Gasteiger partial charge in [0.05, 0.1) is 31.7 Å². The van der Waals surface area contributed by atoms with Gasteiger partial charge in [-0.3, -0.25) is 4.57 Å². The minimum atomic E-state index is 0.866. The molecule has 3 nitrogen and oxygen atoms in total. The summed E-state index contributed by atoms with van der Waals surface area (Å²) in [5.41, 5.74) is 9.79. The van der Waals surface area contributed by atoms with Crippen LogP contribution in [-0.2, 0) is 0 Å². The van der Waals surface area contributed by atoms with E-state index in [2.05, 4.69) is 185 Å². The molecule has 0 aliphatic rings. The zero-order valence-electron chi connectivity index (χ0n) is 29.4. The van der Waals surface area contributed by atoms with Gasteiger partial charge in [-0.25, -0.2) is 0 Å². The number of furan rings is 1. The summed E-state index contributed by atoms with van der Waals surface area (Å²) in [6.45, 7) is 0. The Morgan fingerprint density at radius 2 is 1.00 bits per heavy atom. The molecule has 4 heterocycles. The first kappa shape index (κ1) is 30.8. The van der Waals surface area contributed by atoms with Crippen LogP contribution in [0.25, 0.3) is 90.1 Å². The number of hydrogen-bond acceptors (Lipinski definition) is 4. The van der Waals surface area contributed by atoms with Crippen LogP contribution >= 0.6 is 22.7 Å². The molecule has 0 saturated heterocycles. The first-order chi connectivity index (χ1) is 27.3. The van der Waals surface area contributed by atoms with Crippen LogP contribution in [-0.4, -0.2) is 4.57 Å². The zero-order chi connectivity index (χ0) is 36.0. The Hall–Kier alpha value is -6.66. The van der Waals surface area contributed by atoms with Crippen molar-refractivity contribution in [2.75, 3.05) is 4.90 Å². The molecular weight excluding hydrogens is 709 g/mol. The second-order valence-electron chi connectivity index (χ2n) is 14.0. The number of aromatic nitrogens is 1. The van der Waals surface area contributed by atoms with E-state index < -0.39 is 0 Å². The van der Waals surface area contributed by atoms with Crippen molar-refractivity contribution in [3.05, 3.63) is 182 Å². The molecule has 258 valence electrons. The van der Waals surface area contributed by atoms with E-state index in [1.165, 1.54) is 62.7 Å². The van der Waals surface area contributed by atoms with Gasteiger partial charge in [0.2, 0.25) is 5.71 Å². The molecule has 0 bridgehead atoms. The van der Waals surface area contributed by atoms with Crippen molar-refractivity contribution >= 4 is 113 Å². The Morgan fingerprint density at radius 3 is 1.67 bits per heavy atom. The predicted octanol–water partition coefficient (Wildman–Crippen LogP) is 15.4. The van der Waals surface area contributed by atoms with E-state index >= 15 is 0 Å². The predicted molar refractivity (Wildman–Crippen MR) is 236 cm³/mol. The van der Waals surface area contributed by atoms with Crippen molar-refractivity contribution in [2.24, 2.45) is 0 Å². The van der Waals surface area contributed by atoms with Crippen LogP contribution < -0.4 is 4.90 Å². The van der Waals surface area contributed by atoms with Gasteiger partial charge in [0.1, 0.15) is 5.58 Å². The van der Waals surface area contributed by atoms with Crippen molar-refractivity contribution in [2.45, 2.75) is 0 Å². The topological polar surface area (TPSA) is 21.3 Å². The van der Waals surface area contributed by atoms with Gasteiger partial charge in [0.15, 0.2) is 0 Å². The van der Waals surface area contributed by atoms with Gasteiger partial charge in [-0.2, -0.15) is 0 Å². The average Bonchev–Trinajstić information content (AvgIpc) is 4.00. The number of benzene rings is 8. The van der Waals surface area contributed by atoms with Gasteiger partial charge < -0.3 is 9.32 Å². The van der Waals surface area contributed by atoms with Crippen LogP contribution in [0, 0.1) is 0 Å². The molecule has 0 radical (unpaired) electrons. The average molecular weight is 739 g/mol. The molecule has 0 amide bonds. The SMILES string of the molecule is c1ccc(-n2c3cccc(-c4ccc(N(c5cccc6c5sc5ccccc56)c5cccc6c5sc5ccccc56)cc4)c3c3c4ccccc4oc32)cc1. The highest BCUT2D eigenvalue weighted by molar-refractivity contribution is 7.27. The van der Waals surface area contributed by atoms with Crippen LogP contribution in [0.15, 0.2) is 186 Å². The number of anilines is 3. The maximum Gasteiger partial charge on any atom is 0.213 e. The van der Waals surface area contributed by atoms with E-state index in [4.69, 9.17) is 4.42 Å². The third-order valence-corrected chi connectivity index (χ3v) is 13.4. The molecule has 0 atom stereocenters. The second kappa shape index (κ2) is 11.9. The second-order valence-corrected chi connectivity index (χ2v) is 16.1. The zero-order valence-corrected chi connectivity index (χ0v) is 31.1. The molecule has 0 N–H and O–H groups in total. The smallest absolute Gasteiger partial charge is 0.213 e. The van der Waals surface area contributed by atoms with Gasteiger partial charge >= 0.3 is 0 Å². The van der Waals surface area contributed by atoms with Crippen LogP contribution in [0.4, 0.5) is 17.1 Å². The molecule has 8 aromatic carbocycles. The van der Waals surface area contributed by atoms with Gasteiger partial charge in [0, 0.05) is 53.1 Å². The third kappa shape index (κ3) is 4.54. The first-order valence-corrected chi connectivity index (χ1v) is 20.1. The maximum absolute atomic E-state index is 6.63. The molecule has 0 fully saturated rings. The summed E-state index contributed by atoms with van der Waals surface area (Å²) in [7, 11) is 0. The van der Waals surface area contributed by atoms with Crippen LogP contribution in [0.3, 0.4) is 0 Å². The fourth-order valence-corrected chi connectivity index (χ4v) is 11.0. The maximum atomic E-state index is 6.63. The Kier molecular flexibility index (Phi) is 6.67. The summed E-state index contributed by atoms with van der Waals surface area (Å²) < 4.78 is 14.1. The fraction of sp³-hybridized carbons (Fsp3) is 0. The molecule has 0 spiro atoms. The molecule has 0 unspecified atom stereocenters. The summed E-state index contributed by atoms with van der Waals surface area (Å²) in [6, 6.07) is 65.8. The summed E-state index contributed by atoms with van der Waals surface area (Å²) in [5, 5.41) is 8.63. The normalized spacial score (nSPS) is 12.0. The van der Waals surface area contributed by atoms with Crippen molar-refractivity contribution in [1.82, 2.24) is 4.57 Å². The Balaban J connectivity index is 1.09. The number of nitrogens with zero attached hydrogens (tertiary/aromatic N) is 2. The summed E-state index contributed by atoms with van der Waals surface area (Å²) in [5.74, 6) is 0. The van der Waals surface area contributed by atoms with Crippen molar-refractivity contribution in [3.63, 3.8) is 0 Å². The van der Waals surface area contributed by atoms with Gasteiger partial charge in [-0.15, -0.1) is 22.7 Å². The molecule has 12 aromatic rings. The standard InChI is InChI=1S/C50H30N2OS2/c1-2-13-32(14-3-1)52-40-21-10-18-34(46(40)47-39-17-4-7-24-43(39)53-50(47)52)31-27-29-33(30-28-31)51(41-22-11-19-37-35-15-5-8-25-44(35)54-48(37)41)42-23-12-20-38-36-16-6-9-26-45(36)55-49(38)42/h1-30H. The highest BCUT2D eigenvalue weighted by Crippen LogP contribution is 2.49. The number of thiophene rings is 2. The molecular formula is C50H30N2OS2. The summed E-state index contributed by atoms with van der Waals surface area (Å²) >= 11 is 3.74. The van der Waals surface area contributed by atoms with Crippen LogP contribution in [0.2, 0.25) is 0 Å². The van der Waals surface area contributed by atoms with E-state index in [9.17, 15) is 0 Å². The van der Waals surface area contributed by atoms with E-state index in [1.54, 1.807) is 0 Å². The summed E-state index contributed by atoms with van der Waals surface area (Å²) in [6.07, 6.45) is 0. The van der Waals surface area contributed by atoms with Crippen molar-refractivity contribution in [3.8, 4) is 16.8 Å². The number of para-hydroxylation sites is 2. The highest BCUT2D eigenvalue weighted by atomic mass is 32.1. The van der Waals surface area contributed by atoms with Crippen molar-refractivity contribution in [1.29, 1.82) is 0 Å². The molecule has 0 saturated carbocycles. The molecule has 4 aromatic heterocycles. The minimum absolute atomic E-state index is 0.866. The molecule has 12 rings (SSSR count). The van der Waals surface area contributed by atoms with Gasteiger partial charge in [-0.05, 0) is 71.8 Å². The largest absolute Gasteiger partial charge is 0.439 e. The molecule has 0 aliphatic heterocycles. The minimum Gasteiger partial charge on any atom is -0.439 e. The van der Waals surface area contributed by atoms with Gasteiger partial charge in [0.25, 0.3) is 0 Å². The van der Waals surface area contributed by atoms with Gasteiger partial charge in [-0.1, -0.05) is 121 Å². The Bertz CT molecular complexity index is 3330. The first-order valence-electron chi connectivity index (χ1n) is 18.5. The van der Waals surface area contributed by atoms with E-state index in [-0.39, 0.29) is 0 Å². The third-order valence-electron chi connectivity index (χ3n) is 11.0. The molecule has 55 heavy (non-hydrogen) atoms. The lowest BCUT2D eigenvalue weighted by molar-refractivity contribution is 0.645. The highest BCUT2D eigenvalue weighted by Gasteiger charge is 2.24.